The van der Waals surface area contributed by atoms with Crippen LogP contribution in [0.1, 0.15) is 28.4 Å². The molecule has 8 nitrogen and oxygen atoms in total. The number of carbonyl (C=O) groups excluding carboxylic acids is 4. The highest BCUT2D eigenvalue weighted by Crippen LogP contribution is 2.66. The molecule has 0 aromatic heterocycles. The third kappa shape index (κ3) is 6.28. The van der Waals surface area contributed by atoms with Crippen LogP contribution >= 0.6 is 0 Å². The second-order valence-electron chi connectivity index (χ2n) is 9.10. The largest absolute Gasteiger partial charge is 0.460 e. The molecule has 0 spiro atoms. The molecule has 1 rings (SSSR count). The third-order valence-electron chi connectivity index (χ3n) is 5.97. The van der Waals surface area contributed by atoms with Gasteiger partial charge in [-0.25, -0.2) is 9.59 Å². The smallest absolute Gasteiger partial charge is 0.445 e. The number of nitrogens with one attached hydrogen (secondary N) is 1. The minimum atomic E-state index is -9.20. The molecule has 0 atom stereocenters. The molecule has 0 aliphatic carbocycles. The summed E-state index contributed by atoms with van der Waals surface area (Å²) in [5.74, 6) is -73.3. The molecule has 0 heterocycles. The summed E-state index contributed by atoms with van der Waals surface area (Å²) in [6, 6.07) is -0.151. The number of amides is 1. The predicted octanol–water partition coefficient (Wildman–Crippen LogP) is 7.28. The van der Waals surface area contributed by atoms with Crippen LogP contribution in [0.3, 0.4) is 0 Å². The number of rotatable bonds is 13. The summed E-state index contributed by atoms with van der Waals surface area (Å²) in [5, 5.41) is 1.25. The fraction of sp³-hybridized carbons (Fsp3) is 0.545. The van der Waals surface area contributed by atoms with E-state index in [-0.39, 0.29) is 13.0 Å². The molecule has 0 fully saturated rings. The first-order valence-electron chi connectivity index (χ1n) is 11.5. The molecular weight excluding hydrogens is 747 g/mol. The van der Waals surface area contributed by atoms with Crippen molar-refractivity contribution >= 4 is 35.4 Å². The van der Waals surface area contributed by atoms with E-state index >= 15 is 8.78 Å². The molecule has 0 aliphatic rings. The van der Waals surface area contributed by atoms with Gasteiger partial charge in [-0.3, -0.25) is 9.59 Å². The van der Waals surface area contributed by atoms with Crippen LogP contribution in [0.4, 0.5) is 94.8 Å². The Bertz CT molecular complexity index is 1580. The van der Waals surface area contributed by atoms with Gasteiger partial charge in [-0.2, -0.15) is 93.4 Å². The summed E-state index contributed by atoms with van der Waals surface area (Å²) in [6.45, 7) is -0.814. The van der Waals surface area contributed by atoms with Crippen molar-refractivity contribution in [2.24, 2.45) is 9.98 Å². The summed E-state index contributed by atoms with van der Waals surface area (Å²) in [4.78, 5) is 50.2. The first kappa shape index (κ1) is 42.6. The van der Waals surface area contributed by atoms with Crippen molar-refractivity contribution < 1.29 is 107 Å². The minimum Gasteiger partial charge on any atom is -0.445 e. The number of ether oxygens (including phenoxy) is 1. The molecule has 1 aromatic rings. The van der Waals surface area contributed by atoms with Crippen LogP contribution in [0.5, 0.6) is 0 Å². The number of aryl methyl sites for hydroxylation is 1. The number of aliphatic imine (C=N–C) groups is 2. The van der Waals surface area contributed by atoms with Crippen molar-refractivity contribution in [1.29, 1.82) is 0 Å². The van der Waals surface area contributed by atoms with Gasteiger partial charge in [-0.1, -0.05) is 0 Å². The number of benzene rings is 1. The number of halogens is 19. The highest BCUT2D eigenvalue weighted by atomic mass is 19.4. The van der Waals surface area contributed by atoms with Gasteiger partial charge in [-0.05, 0) is 18.6 Å². The van der Waals surface area contributed by atoms with Crippen LogP contribution in [0.2, 0.25) is 0 Å². The number of esters is 1. The van der Waals surface area contributed by atoms with Crippen LogP contribution < -0.4 is 5.32 Å². The molecule has 1 amide bonds. The second kappa shape index (κ2) is 12.8. The topological polar surface area (TPSA) is 114 Å². The summed E-state index contributed by atoms with van der Waals surface area (Å²) < 4.78 is 268. The van der Waals surface area contributed by atoms with Gasteiger partial charge in [-0.15, -0.1) is 0 Å². The van der Waals surface area contributed by atoms with E-state index in [0.717, 1.165) is 0 Å². The molecule has 0 aliphatic heterocycles. The van der Waals surface area contributed by atoms with Crippen molar-refractivity contribution in [2.75, 3.05) is 6.73 Å². The fourth-order valence-electron chi connectivity index (χ4n) is 3.52. The monoisotopic (exact) mass is 757 g/mol. The van der Waals surface area contributed by atoms with Gasteiger partial charge in [0.25, 0.3) is 5.91 Å². The lowest BCUT2D eigenvalue weighted by Crippen LogP contribution is -2.75. The summed E-state index contributed by atoms with van der Waals surface area (Å²) in [7, 11) is 0. The van der Waals surface area contributed by atoms with Crippen LogP contribution in [-0.2, 0) is 25.0 Å². The zero-order valence-electron chi connectivity index (χ0n) is 22.9. The van der Waals surface area contributed by atoms with Crippen molar-refractivity contribution in [3.63, 3.8) is 0 Å². The van der Waals surface area contributed by atoms with Gasteiger partial charge < -0.3 is 10.1 Å². The lowest BCUT2D eigenvalue weighted by molar-refractivity contribution is -0.469. The van der Waals surface area contributed by atoms with E-state index in [1.807, 2.05) is 0 Å². The fourth-order valence-corrected chi connectivity index (χ4v) is 3.52. The Morgan fingerprint density at radius 1 is 0.673 bits per heavy atom. The zero-order valence-corrected chi connectivity index (χ0v) is 22.9. The van der Waals surface area contributed by atoms with Gasteiger partial charge in [0.2, 0.25) is 12.2 Å². The van der Waals surface area contributed by atoms with Gasteiger partial charge in [0, 0.05) is 12.5 Å². The summed E-state index contributed by atoms with van der Waals surface area (Å²) in [6.07, 6.45) is -6.98. The highest BCUT2D eigenvalue weighted by molar-refractivity contribution is 6.04. The molecule has 0 saturated heterocycles. The van der Waals surface area contributed by atoms with Crippen molar-refractivity contribution in [3.05, 3.63) is 22.8 Å². The van der Waals surface area contributed by atoms with Crippen molar-refractivity contribution in [2.45, 2.75) is 67.4 Å². The molecule has 276 valence electrons. The lowest BCUT2D eigenvalue weighted by atomic mass is 9.83. The predicted molar refractivity (Wildman–Crippen MR) is 115 cm³/mol. The molecule has 0 saturated carbocycles. The molecule has 27 heteroatoms. The molecular formula is C22H10F19N3O5. The standard InChI is InChI=1S/C22H10F19N3O5/c1-7-3-9(42-4-45)12(43-5-46)10(13(48)44-6-49-8(2)47)11(7)14(23,24)15(25,26)16(27,28)17(29,30)18(31,32)19(33,34)20(35,36)21(37,38)22(39,40)41/h3H,6H2,1-2H3,(H,44,48). The SMILES string of the molecule is CC(=O)OCNC(=O)c1c(N=C=O)c(N=C=O)cc(C)c1C(F)(F)C(F)(F)C(F)(F)C(F)(F)C(F)(F)C(F)(F)C(F)(F)C(F)(F)C(F)(F)F. The normalized spacial score (nSPS) is 14.1. The summed E-state index contributed by atoms with van der Waals surface area (Å²) in [5.41, 5.74) is -10.6. The number of hydrogen-bond acceptors (Lipinski definition) is 7. The average Bonchev–Trinajstić information content (AvgIpc) is 2.92. The molecule has 0 unspecified atom stereocenters. The maximum atomic E-state index is 15.4. The molecule has 1 N–H and O–H groups in total. The van der Waals surface area contributed by atoms with E-state index < -0.39 is 100 Å². The third-order valence-corrected chi connectivity index (χ3v) is 5.97. The molecule has 49 heavy (non-hydrogen) atoms. The number of carbonyl (C=O) groups is 2. The lowest BCUT2D eigenvalue weighted by Gasteiger charge is -2.44. The number of hydrogen-bond donors (Lipinski definition) is 1. The number of nitrogens with zero attached hydrogens (tertiary/aromatic N) is 2. The van der Waals surface area contributed by atoms with E-state index in [9.17, 15) is 93.8 Å². The molecule has 0 radical (unpaired) electrons. The Kier molecular flexibility index (Phi) is 11.1. The first-order valence-corrected chi connectivity index (χ1v) is 11.5. The second-order valence-corrected chi connectivity index (χ2v) is 9.10. The van der Waals surface area contributed by atoms with Crippen LogP contribution in [-0.4, -0.2) is 78.4 Å². The Hall–Kier alpha value is -4.41. The maximum Gasteiger partial charge on any atom is 0.460 e. The van der Waals surface area contributed by atoms with E-state index in [4.69, 9.17) is 0 Å². The molecule has 1 aromatic carbocycles. The van der Waals surface area contributed by atoms with Crippen LogP contribution in [0.15, 0.2) is 16.1 Å². The zero-order chi connectivity index (χ0) is 39.2. The molecule has 0 bridgehead atoms. The van der Waals surface area contributed by atoms with E-state index in [1.54, 1.807) is 0 Å². The Morgan fingerprint density at radius 2 is 1.06 bits per heavy atom. The van der Waals surface area contributed by atoms with Crippen molar-refractivity contribution in [3.8, 4) is 0 Å². The van der Waals surface area contributed by atoms with E-state index in [0.29, 0.717) is 19.1 Å². The number of isocyanates is 2. The van der Waals surface area contributed by atoms with E-state index in [1.165, 1.54) is 5.32 Å². The van der Waals surface area contributed by atoms with Gasteiger partial charge in [0.05, 0.1) is 5.56 Å². The Morgan fingerprint density at radius 3 is 1.43 bits per heavy atom. The van der Waals surface area contributed by atoms with Gasteiger partial charge in [0.15, 0.2) is 6.73 Å². The highest BCUT2D eigenvalue weighted by Gasteiger charge is 2.96. The average molecular weight is 757 g/mol. The maximum absolute atomic E-state index is 15.4. The Labute approximate surface area is 256 Å². The van der Waals surface area contributed by atoms with Crippen LogP contribution in [0, 0.1) is 6.92 Å². The number of alkyl halides is 19. The van der Waals surface area contributed by atoms with Gasteiger partial charge in [0.1, 0.15) is 11.4 Å². The minimum absolute atomic E-state index is 0.0548. The van der Waals surface area contributed by atoms with E-state index in [2.05, 4.69) is 14.7 Å². The summed E-state index contributed by atoms with van der Waals surface area (Å²) >= 11 is 0. The van der Waals surface area contributed by atoms with Gasteiger partial charge >= 0.3 is 59.5 Å². The van der Waals surface area contributed by atoms with Crippen LogP contribution in [0.25, 0.3) is 0 Å². The Balaban J connectivity index is 4.24. The van der Waals surface area contributed by atoms with Crippen molar-refractivity contribution in [1.82, 2.24) is 5.32 Å². The quantitative estimate of drug-likeness (QED) is 0.0748. The first-order chi connectivity index (χ1) is 21.6.